The normalized spacial score (nSPS) is 15.8. The molecule has 0 saturated carbocycles. The number of ether oxygens (including phenoxy) is 3. The van der Waals surface area contributed by atoms with Gasteiger partial charge in [0.1, 0.15) is 11.5 Å². The van der Waals surface area contributed by atoms with Crippen LogP contribution in [0.3, 0.4) is 0 Å². The van der Waals surface area contributed by atoms with E-state index in [4.69, 9.17) is 14.2 Å². The highest BCUT2D eigenvalue weighted by Gasteiger charge is 2.37. The van der Waals surface area contributed by atoms with Gasteiger partial charge in [-0.25, -0.2) is 0 Å². The zero-order valence-corrected chi connectivity index (χ0v) is 16.0. The van der Waals surface area contributed by atoms with Gasteiger partial charge in [0, 0.05) is 36.3 Å². The Morgan fingerprint density at radius 1 is 1.11 bits per heavy atom. The molecule has 1 amide bonds. The molecule has 3 rings (SSSR count). The standard InChI is InChI=1S/C22H27NO4/c1-3-27-18-10-8-17(9-11-18)21(24)23-16-22(12-14-26-15-13-22)19-6-4-5-7-20(19)25-2/h4-11H,3,12-16H2,1-2H3,(H,23,24). The maximum absolute atomic E-state index is 12.7. The van der Waals surface area contributed by atoms with Gasteiger partial charge >= 0.3 is 0 Å². The third kappa shape index (κ3) is 4.42. The monoisotopic (exact) mass is 369 g/mol. The van der Waals surface area contributed by atoms with Gasteiger partial charge in [-0.3, -0.25) is 4.79 Å². The number of amides is 1. The van der Waals surface area contributed by atoms with E-state index in [1.54, 1.807) is 19.2 Å². The SMILES string of the molecule is CCOc1ccc(C(=O)NCC2(c3ccccc3OC)CCOCC2)cc1. The molecule has 0 bridgehead atoms. The van der Waals surface area contributed by atoms with E-state index in [9.17, 15) is 4.79 Å². The Morgan fingerprint density at radius 2 is 1.81 bits per heavy atom. The first-order chi connectivity index (χ1) is 13.2. The minimum atomic E-state index is -0.189. The van der Waals surface area contributed by atoms with Gasteiger partial charge in [0.2, 0.25) is 0 Å². The van der Waals surface area contributed by atoms with Crippen LogP contribution in [0.5, 0.6) is 11.5 Å². The fraction of sp³-hybridized carbons (Fsp3) is 0.409. The highest BCUT2D eigenvalue weighted by atomic mass is 16.5. The maximum Gasteiger partial charge on any atom is 0.251 e. The van der Waals surface area contributed by atoms with Gasteiger partial charge in [0.15, 0.2) is 0 Å². The molecule has 1 heterocycles. The van der Waals surface area contributed by atoms with Crippen molar-refractivity contribution in [1.82, 2.24) is 5.32 Å². The fourth-order valence-electron chi connectivity index (χ4n) is 3.61. The summed E-state index contributed by atoms with van der Waals surface area (Å²) in [5.41, 5.74) is 1.56. The third-order valence-electron chi connectivity index (χ3n) is 5.14. The summed E-state index contributed by atoms with van der Waals surface area (Å²) < 4.78 is 16.6. The van der Waals surface area contributed by atoms with E-state index in [0.29, 0.717) is 31.9 Å². The van der Waals surface area contributed by atoms with Gasteiger partial charge < -0.3 is 19.5 Å². The highest BCUT2D eigenvalue weighted by Crippen LogP contribution is 2.39. The number of rotatable bonds is 7. The molecule has 5 heteroatoms. The summed E-state index contributed by atoms with van der Waals surface area (Å²) >= 11 is 0. The summed E-state index contributed by atoms with van der Waals surface area (Å²) in [6.45, 7) is 4.44. The molecule has 144 valence electrons. The van der Waals surface area contributed by atoms with Crippen LogP contribution in [-0.2, 0) is 10.2 Å². The van der Waals surface area contributed by atoms with E-state index in [2.05, 4.69) is 11.4 Å². The van der Waals surface area contributed by atoms with Crippen molar-refractivity contribution < 1.29 is 19.0 Å². The lowest BCUT2D eigenvalue weighted by molar-refractivity contribution is 0.0479. The van der Waals surface area contributed by atoms with Crippen molar-refractivity contribution in [3.8, 4) is 11.5 Å². The molecular weight excluding hydrogens is 342 g/mol. The average Bonchev–Trinajstić information content (AvgIpc) is 2.73. The number of nitrogens with one attached hydrogen (secondary N) is 1. The van der Waals surface area contributed by atoms with Crippen LogP contribution in [-0.4, -0.2) is 39.4 Å². The van der Waals surface area contributed by atoms with Crippen molar-refractivity contribution in [3.63, 3.8) is 0 Å². The highest BCUT2D eigenvalue weighted by molar-refractivity contribution is 5.94. The molecule has 1 aliphatic rings. The zero-order chi connectivity index (χ0) is 19.1. The van der Waals surface area contributed by atoms with E-state index in [-0.39, 0.29) is 11.3 Å². The molecule has 0 unspecified atom stereocenters. The van der Waals surface area contributed by atoms with Crippen LogP contribution in [0.25, 0.3) is 0 Å². The predicted molar refractivity (Wildman–Crippen MR) is 105 cm³/mol. The molecule has 0 spiro atoms. The molecular formula is C22H27NO4. The van der Waals surface area contributed by atoms with E-state index < -0.39 is 0 Å². The quantitative estimate of drug-likeness (QED) is 0.811. The Labute approximate surface area is 160 Å². The van der Waals surface area contributed by atoms with Gasteiger partial charge in [-0.2, -0.15) is 0 Å². The molecule has 0 aromatic heterocycles. The third-order valence-corrected chi connectivity index (χ3v) is 5.14. The molecule has 5 nitrogen and oxygen atoms in total. The molecule has 1 aliphatic heterocycles. The molecule has 0 radical (unpaired) electrons. The van der Waals surface area contributed by atoms with Crippen LogP contribution >= 0.6 is 0 Å². The topological polar surface area (TPSA) is 56.8 Å². The maximum atomic E-state index is 12.7. The molecule has 0 atom stereocenters. The lowest BCUT2D eigenvalue weighted by atomic mass is 9.73. The summed E-state index contributed by atoms with van der Waals surface area (Å²) in [5.74, 6) is 1.54. The molecule has 0 aliphatic carbocycles. The first-order valence-corrected chi connectivity index (χ1v) is 9.41. The second kappa shape index (κ2) is 8.91. The van der Waals surface area contributed by atoms with Gasteiger partial charge in [0.05, 0.1) is 13.7 Å². The second-order valence-corrected chi connectivity index (χ2v) is 6.73. The minimum absolute atomic E-state index is 0.0844. The van der Waals surface area contributed by atoms with Crippen LogP contribution in [0.15, 0.2) is 48.5 Å². The Balaban J connectivity index is 1.76. The number of methoxy groups -OCH3 is 1. The molecule has 1 N–H and O–H groups in total. The van der Waals surface area contributed by atoms with E-state index in [1.165, 1.54) is 0 Å². The number of hydrogen-bond donors (Lipinski definition) is 1. The molecule has 2 aromatic rings. The average molecular weight is 369 g/mol. The van der Waals surface area contributed by atoms with Gasteiger partial charge in [-0.15, -0.1) is 0 Å². The van der Waals surface area contributed by atoms with Crippen LogP contribution in [0.4, 0.5) is 0 Å². The smallest absolute Gasteiger partial charge is 0.251 e. The zero-order valence-electron chi connectivity index (χ0n) is 16.0. The summed E-state index contributed by atoms with van der Waals surface area (Å²) in [4.78, 5) is 12.7. The Bertz CT molecular complexity index is 751. The lowest BCUT2D eigenvalue weighted by Crippen LogP contribution is -2.44. The van der Waals surface area contributed by atoms with Crippen LogP contribution in [0.1, 0.15) is 35.7 Å². The number of para-hydroxylation sites is 1. The lowest BCUT2D eigenvalue weighted by Gasteiger charge is -2.38. The van der Waals surface area contributed by atoms with Gasteiger partial charge in [0.25, 0.3) is 5.91 Å². The predicted octanol–water partition coefficient (Wildman–Crippen LogP) is 3.57. The minimum Gasteiger partial charge on any atom is -0.496 e. The molecule has 1 saturated heterocycles. The Morgan fingerprint density at radius 3 is 2.48 bits per heavy atom. The van der Waals surface area contributed by atoms with Gasteiger partial charge in [-0.1, -0.05) is 18.2 Å². The summed E-state index contributed by atoms with van der Waals surface area (Å²) in [7, 11) is 1.68. The Hall–Kier alpha value is -2.53. The van der Waals surface area contributed by atoms with Crippen molar-refractivity contribution in [2.45, 2.75) is 25.2 Å². The summed E-state index contributed by atoms with van der Waals surface area (Å²) in [6.07, 6.45) is 1.69. The van der Waals surface area contributed by atoms with Crippen molar-refractivity contribution in [1.29, 1.82) is 0 Å². The number of benzene rings is 2. The number of hydrogen-bond acceptors (Lipinski definition) is 4. The second-order valence-electron chi connectivity index (χ2n) is 6.73. The van der Waals surface area contributed by atoms with E-state index >= 15 is 0 Å². The van der Waals surface area contributed by atoms with Crippen LogP contribution in [0.2, 0.25) is 0 Å². The van der Waals surface area contributed by atoms with Crippen molar-refractivity contribution in [2.75, 3.05) is 33.5 Å². The van der Waals surface area contributed by atoms with Crippen LogP contribution in [0, 0.1) is 0 Å². The Kier molecular flexibility index (Phi) is 6.35. The van der Waals surface area contributed by atoms with Crippen molar-refractivity contribution in [2.24, 2.45) is 0 Å². The van der Waals surface area contributed by atoms with E-state index in [1.807, 2.05) is 37.3 Å². The number of carbonyl (C=O) groups excluding carboxylic acids is 1. The number of carbonyl (C=O) groups is 1. The largest absolute Gasteiger partial charge is 0.496 e. The van der Waals surface area contributed by atoms with Crippen LogP contribution < -0.4 is 14.8 Å². The summed E-state index contributed by atoms with van der Waals surface area (Å²) in [5, 5.41) is 3.12. The van der Waals surface area contributed by atoms with Gasteiger partial charge in [-0.05, 0) is 50.1 Å². The molecule has 2 aromatic carbocycles. The molecule has 1 fully saturated rings. The first-order valence-electron chi connectivity index (χ1n) is 9.41. The van der Waals surface area contributed by atoms with Crippen molar-refractivity contribution in [3.05, 3.63) is 59.7 Å². The summed E-state index contributed by atoms with van der Waals surface area (Å²) in [6, 6.07) is 15.3. The first kappa shape index (κ1) is 19.2. The van der Waals surface area contributed by atoms with Crippen molar-refractivity contribution >= 4 is 5.91 Å². The molecule has 27 heavy (non-hydrogen) atoms. The van der Waals surface area contributed by atoms with E-state index in [0.717, 1.165) is 29.9 Å². The fourth-order valence-corrected chi connectivity index (χ4v) is 3.61.